The summed E-state index contributed by atoms with van der Waals surface area (Å²) in [6.07, 6.45) is -5.07. The van der Waals surface area contributed by atoms with Gasteiger partial charge in [-0.3, -0.25) is 9.78 Å². The van der Waals surface area contributed by atoms with Gasteiger partial charge in [0.05, 0.1) is 23.7 Å². The molecule has 4 atom stereocenters. The molecule has 1 aromatic carbocycles. The Labute approximate surface area is 170 Å². The number of anilines is 1. The zero-order chi connectivity index (χ0) is 21.7. The zero-order valence-electron chi connectivity index (χ0n) is 16.2. The molecule has 2 fully saturated rings. The maximum absolute atomic E-state index is 14.6. The number of nitrogens with one attached hydrogen (secondary N) is 1. The summed E-state index contributed by atoms with van der Waals surface area (Å²) in [5, 5.41) is 3.20. The molecule has 0 aliphatic carbocycles. The van der Waals surface area contributed by atoms with E-state index < -0.39 is 41.4 Å². The van der Waals surface area contributed by atoms with Gasteiger partial charge in [0.25, 0.3) is 5.91 Å². The smallest absolute Gasteiger partial charge is 0.367 e. The first-order valence-corrected chi connectivity index (χ1v) is 9.66. The number of hydrogen-bond donors (Lipinski definition) is 2. The number of nitrogens with two attached hydrogens (primary N) is 1. The van der Waals surface area contributed by atoms with Gasteiger partial charge in [0, 0.05) is 42.8 Å². The van der Waals surface area contributed by atoms with Crippen LogP contribution in [0.4, 0.5) is 23.2 Å². The molecule has 30 heavy (non-hydrogen) atoms. The van der Waals surface area contributed by atoms with Crippen LogP contribution in [-0.2, 0) is 15.7 Å². The van der Waals surface area contributed by atoms with E-state index in [1.165, 1.54) is 12.3 Å². The number of hydrogen-bond acceptors (Lipinski definition) is 5. The van der Waals surface area contributed by atoms with E-state index in [4.69, 9.17) is 10.5 Å². The van der Waals surface area contributed by atoms with Gasteiger partial charge >= 0.3 is 6.18 Å². The minimum Gasteiger partial charge on any atom is -0.367 e. The van der Waals surface area contributed by atoms with Crippen LogP contribution < -0.4 is 16.0 Å². The quantitative estimate of drug-likeness (QED) is 0.736. The molecule has 162 valence electrons. The molecular weight excluding hydrogens is 404 g/mol. The molecule has 10 heteroatoms. The van der Waals surface area contributed by atoms with Crippen molar-refractivity contribution >= 4 is 22.5 Å². The Bertz CT molecular complexity index is 969. The van der Waals surface area contributed by atoms with E-state index in [1.54, 1.807) is 24.0 Å². The fourth-order valence-electron chi connectivity index (χ4n) is 4.56. The van der Waals surface area contributed by atoms with Crippen LogP contribution in [0.3, 0.4) is 0 Å². The van der Waals surface area contributed by atoms with Crippen molar-refractivity contribution in [1.29, 1.82) is 0 Å². The minimum atomic E-state index is -4.56. The molecule has 1 aromatic heterocycles. The average molecular weight is 426 g/mol. The first-order chi connectivity index (χ1) is 14.1. The number of benzene rings is 1. The highest BCUT2D eigenvalue weighted by Gasteiger charge is 2.55. The van der Waals surface area contributed by atoms with Gasteiger partial charge in [0.15, 0.2) is 5.60 Å². The summed E-state index contributed by atoms with van der Waals surface area (Å²) in [5.74, 6) is -1.58. The van der Waals surface area contributed by atoms with Crippen molar-refractivity contribution in [3.8, 4) is 0 Å². The number of nitrogens with zero attached hydrogens (tertiary/aromatic N) is 2. The summed E-state index contributed by atoms with van der Waals surface area (Å²) in [4.78, 5) is 18.2. The second-order valence-electron chi connectivity index (χ2n) is 7.87. The molecule has 6 nitrogen and oxygen atoms in total. The number of alkyl halides is 4. The topological polar surface area (TPSA) is 80.5 Å². The first kappa shape index (κ1) is 20.8. The number of halogens is 4. The SMILES string of the molecule is C[C@@H]1CN(c2ccc(C(F)(F)F)c3ncccc23)C[C@@](C(N)=O)([C@H]2CNC[C@@H]2F)O1. The van der Waals surface area contributed by atoms with Crippen molar-refractivity contribution < 1.29 is 27.1 Å². The number of carbonyl (C=O) groups excluding carboxylic acids is 1. The molecule has 2 saturated heterocycles. The highest BCUT2D eigenvalue weighted by atomic mass is 19.4. The largest absolute Gasteiger partial charge is 0.418 e. The van der Waals surface area contributed by atoms with E-state index in [1.807, 2.05) is 0 Å². The van der Waals surface area contributed by atoms with Crippen molar-refractivity contribution in [2.75, 3.05) is 31.1 Å². The number of ether oxygens (including phenoxy) is 1. The summed E-state index contributed by atoms with van der Waals surface area (Å²) < 4.78 is 60.8. The van der Waals surface area contributed by atoms with Gasteiger partial charge < -0.3 is 20.7 Å². The second-order valence-corrected chi connectivity index (χ2v) is 7.87. The molecule has 4 rings (SSSR count). The van der Waals surface area contributed by atoms with Gasteiger partial charge in [0.2, 0.25) is 0 Å². The molecule has 0 saturated carbocycles. The maximum atomic E-state index is 14.6. The Hall–Kier alpha value is -2.46. The number of primary amides is 1. The van der Waals surface area contributed by atoms with Gasteiger partial charge in [-0.25, -0.2) is 4.39 Å². The van der Waals surface area contributed by atoms with E-state index in [-0.39, 0.29) is 25.2 Å². The fraction of sp³-hybridized carbons (Fsp3) is 0.500. The maximum Gasteiger partial charge on any atom is 0.418 e. The van der Waals surface area contributed by atoms with Gasteiger partial charge in [-0.1, -0.05) is 0 Å². The normalized spacial score (nSPS) is 30.0. The second kappa shape index (κ2) is 7.35. The summed E-state index contributed by atoms with van der Waals surface area (Å²) in [6.45, 7) is 2.28. The summed E-state index contributed by atoms with van der Waals surface area (Å²) in [6, 6.07) is 5.44. The molecule has 3 heterocycles. The minimum absolute atomic E-state index is 0.0607. The van der Waals surface area contributed by atoms with E-state index in [0.29, 0.717) is 17.6 Å². The molecule has 2 aromatic rings. The lowest BCUT2D eigenvalue weighted by Crippen LogP contribution is -2.66. The lowest BCUT2D eigenvalue weighted by Gasteiger charge is -2.48. The van der Waals surface area contributed by atoms with Crippen LogP contribution in [0.15, 0.2) is 30.5 Å². The third-order valence-corrected chi connectivity index (χ3v) is 5.86. The summed E-state index contributed by atoms with van der Waals surface area (Å²) in [5.41, 5.74) is 3.54. The third kappa shape index (κ3) is 3.37. The molecule has 0 unspecified atom stereocenters. The van der Waals surface area contributed by atoms with Crippen molar-refractivity contribution in [2.45, 2.75) is 31.0 Å². The highest BCUT2D eigenvalue weighted by Crippen LogP contribution is 2.41. The highest BCUT2D eigenvalue weighted by molar-refractivity contribution is 5.95. The Kier molecular flexibility index (Phi) is 5.09. The molecule has 0 spiro atoms. The van der Waals surface area contributed by atoms with Crippen LogP contribution in [0, 0.1) is 5.92 Å². The number of carbonyl (C=O) groups is 1. The van der Waals surface area contributed by atoms with Gasteiger partial charge in [-0.05, 0) is 31.2 Å². The van der Waals surface area contributed by atoms with Crippen molar-refractivity contribution in [1.82, 2.24) is 10.3 Å². The molecule has 0 radical (unpaired) electrons. The van der Waals surface area contributed by atoms with Crippen LogP contribution in [0.1, 0.15) is 12.5 Å². The number of rotatable bonds is 3. The molecule has 2 aliphatic heterocycles. The van der Waals surface area contributed by atoms with Crippen LogP contribution in [0.2, 0.25) is 0 Å². The lowest BCUT2D eigenvalue weighted by molar-refractivity contribution is -0.168. The van der Waals surface area contributed by atoms with Crippen molar-refractivity contribution in [3.63, 3.8) is 0 Å². The van der Waals surface area contributed by atoms with Crippen molar-refractivity contribution in [2.24, 2.45) is 11.7 Å². The van der Waals surface area contributed by atoms with E-state index in [0.717, 1.165) is 6.07 Å². The number of pyridine rings is 1. The molecular formula is C20H22F4N4O2. The molecule has 2 aliphatic rings. The first-order valence-electron chi connectivity index (χ1n) is 9.66. The average Bonchev–Trinajstić information content (AvgIpc) is 3.12. The van der Waals surface area contributed by atoms with E-state index >= 15 is 0 Å². The number of morpholine rings is 1. The zero-order valence-corrected chi connectivity index (χ0v) is 16.2. The standard InChI is InChI=1S/C20H22F4N4O2/c1-11-9-28(10-19(30-11,18(25)29)14-7-26-8-15(14)21)16-5-4-13(20(22,23)24)17-12(16)3-2-6-27-17/h2-6,11,14-15,26H,7-10H2,1H3,(H2,25,29)/t11-,14+,15+,19+/m1/s1. The Morgan fingerprint density at radius 1 is 1.33 bits per heavy atom. The number of aromatic nitrogens is 1. The predicted octanol–water partition coefficient (Wildman–Crippen LogP) is 2.26. The summed E-state index contributed by atoms with van der Waals surface area (Å²) >= 11 is 0. The Morgan fingerprint density at radius 2 is 2.10 bits per heavy atom. The monoisotopic (exact) mass is 426 g/mol. The lowest BCUT2D eigenvalue weighted by atomic mass is 9.82. The molecule has 1 amide bonds. The van der Waals surface area contributed by atoms with Crippen LogP contribution in [-0.4, -0.2) is 54.9 Å². The van der Waals surface area contributed by atoms with E-state index in [9.17, 15) is 22.4 Å². The Morgan fingerprint density at radius 3 is 2.73 bits per heavy atom. The van der Waals surface area contributed by atoms with Gasteiger partial charge in [-0.15, -0.1) is 0 Å². The molecule has 3 N–H and O–H groups in total. The predicted molar refractivity (Wildman–Crippen MR) is 103 cm³/mol. The van der Waals surface area contributed by atoms with Crippen LogP contribution >= 0.6 is 0 Å². The number of amides is 1. The summed E-state index contributed by atoms with van der Waals surface area (Å²) in [7, 11) is 0. The molecule has 0 bridgehead atoms. The van der Waals surface area contributed by atoms with Crippen molar-refractivity contribution in [3.05, 3.63) is 36.0 Å². The van der Waals surface area contributed by atoms with Gasteiger partial charge in [-0.2, -0.15) is 13.2 Å². The Balaban J connectivity index is 1.81. The fourth-order valence-corrected chi connectivity index (χ4v) is 4.56. The van der Waals surface area contributed by atoms with Crippen LogP contribution in [0.25, 0.3) is 10.9 Å². The van der Waals surface area contributed by atoms with E-state index in [2.05, 4.69) is 10.3 Å². The third-order valence-electron chi connectivity index (χ3n) is 5.86. The van der Waals surface area contributed by atoms with Gasteiger partial charge in [0.1, 0.15) is 6.17 Å². The van der Waals surface area contributed by atoms with Crippen LogP contribution in [0.5, 0.6) is 0 Å². The number of fused-ring (bicyclic) bond motifs is 1.